The second-order valence-electron chi connectivity index (χ2n) is 5.00. The summed E-state index contributed by atoms with van der Waals surface area (Å²) >= 11 is 5.21. The maximum absolute atomic E-state index is 11.9. The number of nitrogens with one attached hydrogen (secondary N) is 2. The molecule has 0 saturated carbocycles. The van der Waals surface area contributed by atoms with Crippen LogP contribution in [0.4, 0.5) is 5.69 Å². The number of rotatable bonds is 5. The van der Waals surface area contributed by atoms with Crippen molar-refractivity contribution in [3.8, 4) is 0 Å². The summed E-state index contributed by atoms with van der Waals surface area (Å²) in [4.78, 5) is 11.9. The van der Waals surface area contributed by atoms with Crippen LogP contribution in [0.2, 0.25) is 0 Å². The molecule has 0 aromatic heterocycles. The Balaban J connectivity index is 1.82. The van der Waals surface area contributed by atoms with Crippen LogP contribution in [0.3, 0.4) is 0 Å². The van der Waals surface area contributed by atoms with Crippen molar-refractivity contribution < 1.29 is 4.79 Å². The van der Waals surface area contributed by atoms with E-state index in [2.05, 4.69) is 17.6 Å². The summed E-state index contributed by atoms with van der Waals surface area (Å²) in [5, 5.41) is 6.17. The number of para-hydroxylation sites is 1. The monoisotopic (exact) mass is 312 g/mol. The van der Waals surface area contributed by atoms with Crippen LogP contribution in [-0.2, 0) is 17.6 Å². The van der Waals surface area contributed by atoms with Gasteiger partial charge in [0.2, 0.25) is 5.91 Å². The molecule has 114 valence electrons. The first-order valence-corrected chi connectivity index (χ1v) is 7.82. The molecule has 0 radical (unpaired) electrons. The second kappa shape index (κ2) is 8.29. The highest BCUT2D eigenvalue weighted by molar-refractivity contribution is 7.80. The van der Waals surface area contributed by atoms with Crippen LogP contribution >= 0.6 is 12.2 Å². The molecular formula is C18H20N2OS. The Labute approximate surface area is 136 Å². The summed E-state index contributed by atoms with van der Waals surface area (Å²) < 4.78 is 0. The second-order valence-corrected chi connectivity index (χ2v) is 5.41. The molecule has 0 unspecified atom stereocenters. The van der Waals surface area contributed by atoms with E-state index < -0.39 is 0 Å². The lowest BCUT2D eigenvalue weighted by molar-refractivity contribution is -0.119. The summed E-state index contributed by atoms with van der Waals surface area (Å²) in [6.07, 6.45) is 2.04. The predicted molar refractivity (Wildman–Crippen MR) is 94.9 cm³/mol. The number of amides is 1. The molecule has 0 spiro atoms. The largest absolute Gasteiger partial charge is 0.332 e. The van der Waals surface area contributed by atoms with E-state index in [9.17, 15) is 4.79 Å². The van der Waals surface area contributed by atoms with E-state index in [0.29, 0.717) is 18.0 Å². The van der Waals surface area contributed by atoms with Gasteiger partial charge in [-0.3, -0.25) is 4.79 Å². The average Bonchev–Trinajstić information content (AvgIpc) is 2.54. The van der Waals surface area contributed by atoms with Crippen LogP contribution in [0.25, 0.3) is 0 Å². The summed E-state index contributed by atoms with van der Waals surface area (Å²) in [7, 11) is 0. The van der Waals surface area contributed by atoms with Crippen LogP contribution in [0.15, 0.2) is 54.6 Å². The summed E-state index contributed by atoms with van der Waals surface area (Å²) in [6, 6.07) is 17.9. The minimum atomic E-state index is -0.0738. The van der Waals surface area contributed by atoms with Gasteiger partial charge in [-0.25, -0.2) is 0 Å². The van der Waals surface area contributed by atoms with Crippen molar-refractivity contribution >= 4 is 28.9 Å². The van der Waals surface area contributed by atoms with E-state index >= 15 is 0 Å². The number of thiocarbonyl (C=S) groups is 1. The number of carbonyl (C=O) groups is 1. The maximum Gasteiger partial charge on any atom is 0.226 e. The molecule has 0 atom stereocenters. The van der Waals surface area contributed by atoms with Gasteiger partial charge in [-0.1, -0.05) is 55.5 Å². The summed E-state index contributed by atoms with van der Waals surface area (Å²) in [5.74, 6) is -0.0738. The predicted octanol–water partition coefficient (Wildman–Crippen LogP) is 3.69. The number of anilines is 1. The molecule has 0 aliphatic carbocycles. The highest BCUT2D eigenvalue weighted by atomic mass is 32.1. The zero-order valence-corrected chi connectivity index (χ0v) is 13.5. The van der Waals surface area contributed by atoms with Gasteiger partial charge >= 0.3 is 0 Å². The first-order valence-electron chi connectivity index (χ1n) is 7.41. The molecule has 0 aliphatic rings. The average molecular weight is 312 g/mol. The molecule has 2 aromatic rings. The third-order valence-corrected chi connectivity index (χ3v) is 3.59. The molecular weight excluding hydrogens is 292 g/mol. The van der Waals surface area contributed by atoms with Crippen LogP contribution in [-0.4, -0.2) is 11.0 Å². The van der Waals surface area contributed by atoms with Gasteiger partial charge in [0.25, 0.3) is 0 Å². The van der Waals surface area contributed by atoms with Gasteiger partial charge in [-0.2, -0.15) is 0 Å². The number of carbonyl (C=O) groups excluding carboxylic acids is 1. The lowest BCUT2D eigenvalue weighted by atomic mass is 10.1. The van der Waals surface area contributed by atoms with Gasteiger partial charge in [0.15, 0.2) is 5.11 Å². The molecule has 1 amide bonds. The Hall–Kier alpha value is -2.20. The lowest BCUT2D eigenvalue weighted by Crippen LogP contribution is -2.34. The third kappa shape index (κ3) is 4.97. The Morgan fingerprint density at radius 1 is 1.05 bits per heavy atom. The Kier molecular flexibility index (Phi) is 6.10. The summed E-state index contributed by atoms with van der Waals surface area (Å²) in [6.45, 7) is 2.09. The third-order valence-electron chi connectivity index (χ3n) is 3.38. The van der Waals surface area contributed by atoms with Gasteiger partial charge in [-0.05, 0) is 42.3 Å². The highest BCUT2D eigenvalue weighted by Crippen LogP contribution is 2.15. The molecule has 3 nitrogen and oxygen atoms in total. The van der Waals surface area contributed by atoms with E-state index in [-0.39, 0.29) is 5.91 Å². The van der Waals surface area contributed by atoms with Gasteiger partial charge < -0.3 is 10.6 Å². The molecule has 0 heterocycles. The van der Waals surface area contributed by atoms with Crippen molar-refractivity contribution in [3.05, 3.63) is 65.7 Å². The van der Waals surface area contributed by atoms with E-state index in [4.69, 9.17) is 12.2 Å². The quantitative estimate of drug-likeness (QED) is 0.827. The number of aryl methyl sites for hydroxylation is 2. The van der Waals surface area contributed by atoms with Crippen molar-refractivity contribution in [2.24, 2.45) is 0 Å². The molecule has 0 aliphatic heterocycles. The first-order chi connectivity index (χ1) is 10.7. The van der Waals surface area contributed by atoms with Gasteiger partial charge in [0, 0.05) is 12.1 Å². The fourth-order valence-corrected chi connectivity index (χ4v) is 2.42. The molecule has 2 rings (SSSR count). The minimum Gasteiger partial charge on any atom is -0.332 e. The lowest BCUT2D eigenvalue weighted by Gasteiger charge is -2.12. The van der Waals surface area contributed by atoms with Crippen LogP contribution in [0.1, 0.15) is 24.5 Å². The Morgan fingerprint density at radius 2 is 1.73 bits per heavy atom. The normalized spacial score (nSPS) is 10.0. The number of benzene rings is 2. The maximum atomic E-state index is 11.9. The van der Waals surface area contributed by atoms with Gasteiger partial charge in [0.05, 0.1) is 0 Å². The fourth-order valence-electron chi connectivity index (χ4n) is 2.20. The van der Waals surface area contributed by atoms with Crippen molar-refractivity contribution in [3.63, 3.8) is 0 Å². The van der Waals surface area contributed by atoms with Crippen LogP contribution < -0.4 is 10.6 Å². The molecule has 2 N–H and O–H groups in total. The van der Waals surface area contributed by atoms with Crippen molar-refractivity contribution in [2.75, 3.05) is 5.32 Å². The van der Waals surface area contributed by atoms with Crippen LogP contribution in [0.5, 0.6) is 0 Å². The molecule has 4 heteroatoms. The first kappa shape index (κ1) is 16.2. The Bertz CT molecular complexity index is 641. The summed E-state index contributed by atoms with van der Waals surface area (Å²) in [5.41, 5.74) is 3.26. The fraction of sp³-hybridized carbons (Fsp3) is 0.222. The van der Waals surface area contributed by atoms with Crippen molar-refractivity contribution in [1.29, 1.82) is 0 Å². The van der Waals surface area contributed by atoms with E-state index in [1.807, 2.05) is 54.6 Å². The molecule has 0 saturated heterocycles. The van der Waals surface area contributed by atoms with E-state index in [1.165, 1.54) is 5.56 Å². The van der Waals surface area contributed by atoms with E-state index in [0.717, 1.165) is 17.7 Å². The van der Waals surface area contributed by atoms with Crippen molar-refractivity contribution in [2.45, 2.75) is 26.2 Å². The van der Waals surface area contributed by atoms with Crippen molar-refractivity contribution in [1.82, 2.24) is 5.32 Å². The SMILES string of the molecule is CCc1ccccc1NC(=S)NC(=O)CCc1ccccc1. The molecule has 0 bridgehead atoms. The molecule has 2 aromatic carbocycles. The topological polar surface area (TPSA) is 41.1 Å². The number of hydrogen-bond donors (Lipinski definition) is 2. The van der Waals surface area contributed by atoms with Gasteiger partial charge in [0.1, 0.15) is 0 Å². The Morgan fingerprint density at radius 3 is 2.45 bits per heavy atom. The highest BCUT2D eigenvalue weighted by Gasteiger charge is 2.07. The standard InChI is InChI=1S/C18H20N2OS/c1-2-15-10-6-7-11-16(15)19-18(22)20-17(21)13-12-14-8-4-3-5-9-14/h3-11H,2,12-13H2,1H3,(H2,19,20,21,22). The molecule has 22 heavy (non-hydrogen) atoms. The smallest absolute Gasteiger partial charge is 0.226 e. The molecule has 0 fully saturated rings. The van der Waals surface area contributed by atoms with Crippen LogP contribution in [0, 0.1) is 0 Å². The zero-order chi connectivity index (χ0) is 15.8. The minimum absolute atomic E-state index is 0.0738. The number of hydrogen-bond acceptors (Lipinski definition) is 2. The van der Waals surface area contributed by atoms with Gasteiger partial charge in [-0.15, -0.1) is 0 Å². The zero-order valence-electron chi connectivity index (χ0n) is 12.6. The van der Waals surface area contributed by atoms with E-state index in [1.54, 1.807) is 0 Å².